The number of hydrogen-bond acceptors (Lipinski definition) is 9. The molecule has 1 amide bonds. The molecule has 204 valence electrons. The Morgan fingerprint density at radius 2 is 1.90 bits per heavy atom. The van der Waals surface area contributed by atoms with Gasteiger partial charge in [-0.3, -0.25) is 9.79 Å². The number of benzene rings is 1. The van der Waals surface area contributed by atoms with Gasteiger partial charge in [0.15, 0.2) is 0 Å². The first-order valence-electron chi connectivity index (χ1n) is 12.0. The van der Waals surface area contributed by atoms with Crippen molar-refractivity contribution in [3.8, 4) is 0 Å². The number of nitrogens with zero attached hydrogens (tertiary/aromatic N) is 6. The summed E-state index contributed by atoms with van der Waals surface area (Å²) in [7, 11) is 2.05. The number of amides is 1. The summed E-state index contributed by atoms with van der Waals surface area (Å²) < 4.78 is 39.1. The zero-order valence-corrected chi connectivity index (χ0v) is 21.5. The Morgan fingerprint density at radius 3 is 2.59 bits per heavy atom. The minimum Gasteiger partial charge on any atom is -0.383 e. The summed E-state index contributed by atoms with van der Waals surface area (Å²) in [5, 5.41) is 5.49. The standard InChI is InChI=1S/C26H28F3N9O/c1-4-31-20-15-33-25(38-11-9-37(3)10-12-38)36-22(20)23(30)34-19-13-17(6-5-16(19)2)24(39)35-21-14-18(7-8-32-21)26(27,28)29/h4-8,13-15,34H,1,9-12,30H2,2-3H3,(H,32,35,39)/b23-22-,31-20-. The van der Waals surface area contributed by atoms with Crippen molar-refractivity contribution in [1.29, 1.82) is 0 Å². The molecule has 4 rings (SSSR count). The summed E-state index contributed by atoms with van der Waals surface area (Å²) in [6.45, 7) is 8.73. The van der Waals surface area contributed by atoms with Crippen molar-refractivity contribution in [3.05, 3.63) is 77.5 Å². The number of likely N-dealkylation sites (N-methyl/N-ethyl adjacent to an activating group) is 1. The molecule has 0 unspecified atom stereocenters. The molecule has 3 heterocycles. The van der Waals surface area contributed by atoms with Crippen molar-refractivity contribution in [3.63, 3.8) is 0 Å². The van der Waals surface area contributed by atoms with E-state index in [1.165, 1.54) is 12.3 Å². The van der Waals surface area contributed by atoms with Gasteiger partial charge < -0.3 is 26.2 Å². The van der Waals surface area contributed by atoms with E-state index in [9.17, 15) is 18.0 Å². The van der Waals surface area contributed by atoms with Crippen LogP contribution in [0.15, 0.2) is 75.8 Å². The third-order valence-electron chi connectivity index (χ3n) is 6.13. The van der Waals surface area contributed by atoms with Crippen LogP contribution in [0.5, 0.6) is 0 Å². The summed E-state index contributed by atoms with van der Waals surface area (Å²) in [6.07, 6.45) is -0.632. The largest absolute Gasteiger partial charge is 0.416 e. The molecular weight excluding hydrogens is 511 g/mol. The van der Waals surface area contributed by atoms with Crippen molar-refractivity contribution < 1.29 is 18.0 Å². The van der Waals surface area contributed by atoms with Crippen molar-refractivity contribution in [2.75, 3.05) is 43.9 Å². The number of carbonyl (C=O) groups is 1. The van der Waals surface area contributed by atoms with Gasteiger partial charge in [0.2, 0.25) is 5.96 Å². The second-order valence-electron chi connectivity index (χ2n) is 8.96. The van der Waals surface area contributed by atoms with Crippen LogP contribution in [-0.4, -0.2) is 71.8 Å². The quantitative estimate of drug-likeness (QED) is 0.535. The molecule has 1 fully saturated rings. The van der Waals surface area contributed by atoms with Gasteiger partial charge in [-0.2, -0.15) is 13.2 Å². The van der Waals surface area contributed by atoms with Gasteiger partial charge in [-0.05, 0) is 43.8 Å². The summed E-state index contributed by atoms with van der Waals surface area (Å²) in [4.78, 5) is 34.2. The molecule has 13 heteroatoms. The van der Waals surface area contributed by atoms with Crippen LogP contribution in [0.2, 0.25) is 0 Å². The van der Waals surface area contributed by atoms with Crippen LogP contribution in [0, 0.1) is 6.92 Å². The Balaban J connectivity index is 1.58. The molecule has 0 aliphatic carbocycles. The average Bonchev–Trinajstić information content (AvgIpc) is 2.90. The van der Waals surface area contributed by atoms with Crippen LogP contribution in [0.1, 0.15) is 21.5 Å². The number of hydrogen-bond donors (Lipinski definition) is 3. The Labute approximate surface area is 223 Å². The average molecular weight is 540 g/mol. The van der Waals surface area contributed by atoms with Crippen LogP contribution in [-0.2, 0) is 6.18 Å². The van der Waals surface area contributed by atoms with Crippen molar-refractivity contribution in [1.82, 2.24) is 14.8 Å². The van der Waals surface area contributed by atoms with E-state index >= 15 is 0 Å². The molecule has 0 atom stereocenters. The predicted octanol–water partition coefficient (Wildman–Crippen LogP) is 3.47. The number of halogens is 3. The van der Waals surface area contributed by atoms with Gasteiger partial charge in [-0.25, -0.2) is 15.0 Å². The van der Waals surface area contributed by atoms with Crippen LogP contribution < -0.4 is 16.4 Å². The number of aliphatic imine (C=N–C) groups is 3. The molecule has 0 radical (unpaired) electrons. The van der Waals surface area contributed by atoms with Gasteiger partial charge in [0.25, 0.3) is 5.91 Å². The molecule has 2 aliphatic heterocycles. The van der Waals surface area contributed by atoms with Crippen LogP contribution in [0.3, 0.4) is 0 Å². The van der Waals surface area contributed by atoms with Gasteiger partial charge in [0.1, 0.15) is 23.0 Å². The number of pyridine rings is 1. The number of alkyl halides is 3. The maximum atomic E-state index is 13.0. The first-order chi connectivity index (χ1) is 18.5. The molecule has 4 N–H and O–H groups in total. The molecule has 10 nitrogen and oxygen atoms in total. The van der Waals surface area contributed by atoms with E-state index in [4.69, 9.17) is 5.73 Å². The molecule has 0 spiro atoms. The summed E-state index contributed by atoms with van der Waals surface area (Å²) in [5.74, 6) is -0.160. The number of nitrogens with two attached hydrogens (primary N) is 1. The minimum absolute atomic E-state index is 0.175. The highest BCUT2D eigenvalue weighted by atomic mass is 19.4. The maximum absolute atomic E-state index is 13.0. The Hall–Kier alpha value is -4.52. The van der Waals surface area contributed by atoms with E-state index in [1.54, 1.807) is 18.3 Å². The van der Waals surface area contributed by atoms with Gasteiger partial charge >= 0.3 is 6.18 Å². The minimum atomic E-state index is -4.56. The third-order valence-corrected chi connectivity index (χ3v) is 6.13. The number of allylic oxidation sites excluding steroid dienone is 1. The molecule has 1 aromatic heterocycles. The van der Waals surface area contributed by atoms with E-state index < -0.39 is 17.6 Å². The van der Waals surface area contributed by atoms with Crippen molar-refractivity contribution in [2.24, 2.45) is 20.7 Å². The lowest BCUT2D eigenvalue weighted by molar-refractivity contribution is -0.137. The van der Waals surface area contributed by atoms with Crippen LogP contribution >= 0.6 is 0 Å². The fourth-order valence-corrected chi connectivity index (χ4v) is 3.88. The lowest BCUT2D eigenvalue weighted by atomic mass is 10.1. The second-order valence-corrected chi connectivity index (χ2v) is 8.96. The van der Waals surface area contributed by atoms with E-state index in [1.807, 2.05) is 6.92 Å². The van der Waals surface area contributed by atoms with Crippen molar-refractivity contribution in [2.45, 2.75) is 13.1 Å². The number of guanidine groups is 1. The van der Waals surface area contributed by atoms with Gasteiger partial charge in [0, 0.05) is 49.8 Å². The van der Waals surface area contributed by atoms with Gasteiger partial charge in [0.05, 0.1) is 11.8 Å². The maximum Gasteiger partial charge on any atom is 0.416 e. The highest BCUT2D eigenvalue weighted by Gasteiger charge is 2.31. The number of aryl methyl sites for hydroxylation is 1. The Morgan fingerprint density at radius 1 is 1.15 bits per heavy atom. The van der Waals surface area contributed by atoms with Gasteiger partial charge in [-0.15, -0.1) is 0 Å². The first kappa shape index (κ1) is 27.5. The monoisotopic (exact) mass is 539 g/mol. The van der Waals surface area contributed by atoms with E-state index in [0.29, 0.717) is 23.1 Å². The lowest BCUT2D eigenvalue weighted by Crippen LogP contribution is -2.47. The zero-order valence-electron chi connectivity index (χ0n) is 21.5. The molecule has 1 aromatic carbocycles. The van der Waals surface area contributed by atoms with E-state index in [0.717, 1.165) is 50.1 Å². The fraction of sp³-hybridized carbons (Fsp3) is 0.269. The van der Waals surface area contributed by atoms with E-state index in [-0.39, 0.29) is 17.2 Å². The lowest BCUT2D eigenvalue weighted by Gasteiger charge is -2.33. The number of nitrogens with one attached hydrogen (secondary N) is 2. The molecule has 2 aromatic rings. The number of carbonyl (C=O) groups excluding carboxylic acids is 1. The number of anilines is 2. The Kier molecular flexibility index (Phi) is 8.10. The van der Waals surface area contributed by atoms with Crippen LogP contribution in [0.25, 0.3) is 0 Å². The predicted molar refractivity (Wildman–Crippen MR) is 146 cm³/mol. The third kappa shape index (κ3) is 6.68. The molecule has 39 heavy (non-hydrogen) atoms. The number of piperazine rings is 1. The Bertz CT molecular complexity index is 1390. The second kappa shape index (κ2) is 11.5. The normalized spacial score (nSPS) is 18.5. The molecular formula is C26H28F3N9O. The van der Waals surface area contributed by atoms with E-state index in [2.05, 4.69) is 54.0 Å². The van der Waals surface area contributed by atoms with Crippen molar-refractivity contribution >= 4 is 35.3 Å². The SMILES string of the molecule is C=C/N=C1/C=NC(N2CCN(C)CC2)=N/C1=C(/N)Nc1cc(C(=O)Nc2cc(C(F)(F)F)ccn2)ccc1C. The molecule has 0 bridgehead atoms. The zero-order chi connectivity index (χ0) is 28.2. The number of rotatable bonds is 5. The van der Waals surface area contributed by atoms with Gasteiger partial charge in [-0.1, -0.05) is 12.6 Å². The number of aromatic nitrogens is 1. The summed E-state index contributed by atoms with van der Waals surface area (Å²) in [5.41, 5.74) is 7.75. The summed E-state index contributed by atoms with van der Waals surface area (Å²) in [6, 6.07) is 6.38. The summed E-state index contributed by atoms with van der Waals surface area (Å²) >= 11 is 0. The topological polar surface area (TPSA) is 124 Å². The van der Waals surface area contributed by atoms with Crippen LogP contribution in [0.4, 0.5) is 24.7 Å². The first-order valence-corrected chi connectivity index (χ1v) is 12.0. The molecule has 2 aliphatic rings. The highest BCUT2D eigenvalue weighted by Crippen LogP contribution is 2.30. The smallest absolute Gasteiger partial charge is 0.383 e. The molecule has 0 saturated carbocycles. The highest BCUT2D eigenvalue weighted by molar-refractivity contribution is 6.41. The fourth-order valence-electron chi connectivity index (χ4n) is 3.88. The molecule has 1 saturated heterocycles.